The molecule has 1 N–H and O–H groups in total. The number of thiazole rings is 1. The highest BCUT2D eigenvalue weighted by molar-refractivity contribution is 7.91. The van der Waals surface area contributed by atoms with Gasteiger partial charge in [0.1, 0.15) is 5.15 Å². The molecule has 11 heteroatoms. The molecule has 0 aliphatic heterocycles. The van der Waals surface area contributed by atoms with Gasteiger partial charge in [0.2, 0.25) is 5.88 Å². The smallest absolute Gasteiger partial charge is 0.280 e. The van der Waals surface area contributed by atoms with Crippen molar-refractivity contribution in [2.75, 3.05) is 11.6 Å². The molecule has 172 valence electrons. The molecular formula is C22H20ClN3O4S3. The molecule has 0 aliphatic carbocycles. The normalized spacial score (nSPS) is 12.2. The number of hydrogen-bond donors (Lipinski definition) is 1. The second-order valence-electron chi connectivity index (χ2n) is 7.97. The van der Waals surface area contributed by atoms with E-state index in [1.165, 1.54) is 35.0 Å². The van der Waals surface area contributed by atoms with Crippen molar-refractivity contribution in [3.8, 4) is 11.1 Å². The van der Waals surface area contributed by atoms with Gasteiger partial charge in [0, 0.05) is 28.1 Å². The molecule has 1 aromatic carbocycles. The standard InChI is InChI=1S/C22H20ClN3O4S3/c1-12-11-31-21(24-12)30-19-10-15(9-18(23)26-19)25-20(27)17-8-13-7-14(5-6-16(13)32-17)22(2,3)33(4,28)29/h5-11H,1-4H3,(H,25,26,27). The molecule has 3 aromatic heterocycles. The van der Waals surface area contributed by atoms with Crippen LogP contribution < -0.4 is 10.1 Å². The molecule has 33 heavy (non-hydrogen) atoms. The second-order valence-corrected chi connectivity index (χ2v) is 12.8. The van der Waals surface area contributed by atoms with Crippen LogP contribution in [0, 0.1) is 6.92 Å². The minimum Gasteiger partial charge on any atom is -0.412 e. The van der Waals surface area contributed by atoms with Gasteiger partial charge in [0.15, 0.2) is 9.84 Å². The third-order valence-electron chi connectivity index (χ3n) is 5.18. The number of benzene rings is 1. The highest BCUT2D eigenvalue weighted by atomic mass is 35.5. The zero-order chi connectivity index (χ0) is 24.0. The number of rotatable bonds is 6. The van der Waals surface area contributed by atoms with E-state index < -0.39 is 14.6 Å². The van der Waals surface area contributed by atoms with Gasteiger partial charge in [-0.05, 0) is 56.0 Å². The molecule has 0 spiro atoms. The number of nitrogens with zero attached hydrogens (tertiary/aromatic N) is 2. The van der Waals surface area contributed by atoms with E-state index in [1.807, 2.05) is 24.4 Å². The third kappa shape index (κ3) is 5.03. The van der Waals surface area contributed by atoms with Crippen LogP contribution in [0.3, 0.4) is 0 Å². The van der Waals surface area contributed by atoms with Crippen LogP contribution in [0.4, 0.5) is 5.69 Å². The van der Waals surface area contributed by atoms with Gasteiger partial charge in [-0.25, -0.2) is 18.4 Å². The van der Waals surface area contributed by atoms with Crippen molar-refractivity contribution in [2.24, 2.45) is 0 Å². The zero-order valence-electron chi connectivity index (χ0n) is 18.2. The Labute approximate surface area is 204 Å². The molecule has 0 aliphatic rings. The lowest BCUT2D eigenvalue weighted by Crippen LogP contribution is -2.27. The first kappa shape index (κ1) is 23.6. The van der Waals surface area contributed by atoms with Crippen LogP contribution in [-0.2, 0) is 14.6 Å². The number of halogens is 1. The summed E-state index contributed by atoms with van der Waals surface area (Å²) in [5.74, 6) is -0.102. The van der Waals surface area contributed by atoms with Gasteiger partial charge < -0.3 is 10.1 Å². The Morgan fingerprint density at radius 3 is 2.58 bits per heavy atom. The predicted octanol–water partition coefficient (Wildman–Crippen LogP) is 6.04. The Morgan fingerprint density at radius 2 is 1.91 bits per heavy atom. The maximum absolute atomic E-state index is 12.9. The maximum atomic E-state index is 12.9. The molecule has 0 atom stereocenters. The summed E-state index contributed by atoms with van der Waals surface area (Å²) in [6.45, 7) is 5.20. The molecule has 0 bridgehead atoms. The number of fused-ring (bicyclic) bond motifs is 1. The molecule has 1 amide bonds. The van der Waals surface area contributed by atoms with Crippen LogP contribution in [0.1, 0.15) is 34.8 Å². The first-order chi connectivity index (χ1) is 15.4. The van der Waals surface area contributed by atoms with E-state index in [0.717, 1.165) is 15.8 Å². The first-order valence-electron chi connectivity index (χ1n) is 9.75. The number of carbonyl (C=O) groups excluding carboxylic acids is 1. The Bertz CT molecular complexity index is 1480. The summed E-state index contributed by atoms with van der Waals surface area (Å²) in [4.78, 5) is 21.7. The summed E-state index contributed by atoms with van der Waals surface area (Å²) in [6.07, 6.45) is 1.22. The molecule has 4 aromatic rings. The number of anilines is 1. The summed E-state index contributed by atoms with van der Waals surface area (Å²) in [5.41, 5.74) is 1.93. The van der Waals surface area contributed by atoms with E-state index >= 15 is 0 Å². The van der Waals surface area contributed by atoms with Crippen molar-refractivity contribution >= 4 is 65.8 Å². The maximum Gasteiger partial charge on any atom is 0.280 e. The summed E-state index contributed by atoms with van der Waals surface area (Å²) in [6, 6.07) is 10.3. The summed E-state index contributed by atoms with van der Waals surface area (Å²) in [5, 5.41) is 6.06. The number of hydrogen-bond acceptors (Lipinski definition) is 8. The Morgan fingerprint density at radius 1 is 1.15 bits per heavy atom. The molecule has 0 unspecified atom stereocenters. The average molecular weight is 522 g/mol. The minimum atomic E-state index is -3.31. The number of sulfone groups is 1. The van der Waals surface area contributed by atoms with Gasteiger partial charge in [-0.15, -0.1) is 11.3 Å². The average Bonchev–Trinajstić information content (AvgIpc) is 3.31. The van der Waals surface area contributed by atoms with Crippen molar-refractivity contribution in [1.82, 2.24) is 9.97 Å². The number of ether oxygens (including phenoxy) is 1. The van der Waals surface area contributed by atoms with Crippen molar-refractivity contribution in [3.63, 3.8) is 0 Å². The molecule has 0 saturated carbocycles. The molecule has 3 heterocycles. The fraction of sp³-hybridized carbons (Fsp3) is 0.227. The van der Waals surface area contributed by atoms with Gasteiger partial charge in [0.25, 0.3) is 11.1 Å². The van der Waals surface area contributed by atoms with Crippen molar-refractivity contribution < 1.29 is 17.9 Å². The number of aromatic nitrogens is 2. The van der Waals surface area contributed by atoms with Gasteiger partial charge in [-0.1, -0.05) is 29.0 Å². The number of pyridine rings is 1. The Hall–Kier alpha value is -2.53. The van der Waals surface area contributed by atoms with E-state index in [-0.39, 0.29) is 16.9 Å². The molecule has 0 saturated heterocycles. The van der Waals surface area contributed by atoms with E-state index in [2.05, 4.69) is 15.3 Å². The van der Waals surface area contributed by atoms with E-state index in [4.69, 9.17) is 16.3 Å². The van der Waals surface area contributed by atoms with Gasteiger partial charge in [-0.2, -0.15) is 0 Å². The van der Waals surface area contributed by atoms with Gasteiger partial charge in [0.05, 0.1) is 15.3 Å². The molecule has 0 radical (unpaired) electrons. The van der Waals surface area contributed by atoms with Gasteiger partial charge in [-0.3, -0.25) is 4.79 Å². The summed E-state index contributed by atoms with van der Waals surface area (Å²) < 4.78 is 29.9. The quantitative estimate of drug-likeness (QED) is 0.311. The highest BCUT2D eigenvalue weighted by Gasteiger charge is 2.32. The molecular weight excluding hydrogens is 502 g/mol. The SMILES string of the molecule is Cc1csc(Oc2cc(NC(=O)c3cc4cc(C(C)(C)S(C)(=O)=O)ccc4s3)cc(Cl)n2)n1. The lowest BCUT2D eigenvalue weighted by molar-refractivity contribution is 0.103. The van der Waals surface area contributed by atoms with E-state index in [9.17, 15) is 13.2 Å². The topological polar surface area (TPSA) is 98.2 Å². The van der Waals surface area contributed by atoms with Gasteiger partial charge >= 0.3 is 0 Å². The monoisotopic (exact) mass is 521 g/mol. The summed E-state index contributed by atoms with van der Waals surface area (Å²) in [7, 11) is -3.31. The van der Waals surface area contributed by atoms with Crippen LogP contribution in [0.2, 0.25) is 5.15 Å². The zero-order valence-corrected chi connectivity index (χ0v) is 21.4. The largest absolute Gasteiger partial charge is 0.412 e. The predicted molar refractivity (Wildman–Crippen MR) is 134 cm³/mol. The minimum absolute atomic E-state index is 0.167. The molecule has 0 fully saturated rings. The number of aryl methyl sites for hydroxylation is 1. The van der Waals surface area contributed by atoms with Crippen LogP contribution in [0.25, 0.3) is 10.1 Å². The molecule has 7 nitrogen and oxygen atoms in total. The second kappa shape index (κ2) is 8.68. The fourth-order valence-corrected chi connectivity index (χ4v) is 5.35. The Kier molecular flexibility index (Phi) is 6.21. The lowest BCUT2D eigenvalue weighted by atomic mass is 10.0. The summed E-state index contributed by atoms with van der Waals surface area (Å²) >= 11 is 8.76. The Balaban J connectivity index is 1.58. The van der Waals surface area contributed by atoms with Crippen LogP contribution in [0.15, 0.2) is 41.8 Å². The number of thiophene rings is 1. The van der Waals surface area contributed by atoms with Crippen molar-refractivity contribution in [1.29, 1.82) is 0 Å². The van der Waals surface area contributed by atoms with E-state index in [1.54, 1.807) is 32.0 Å². The van der Waals surface area contributed by atoms with Crippen LogP contribution in [0.5, 0.6) is 11.1 Å². The number of carbonyl (C=O) groups is 1. The fourth-order valence-electron chi connectivity index (χ4n) is 3.00. The molecule has 4 rings (SSSR count). The number of amides is 1. The van der Waals surface area contributed by atoms with E-state index in [0.29, 0.717) is 21.3 Å². The third-order valence-corrected chi connectivity index (χ3v) is 9.41. The number of nitrogens with one attached hydrogen (secondary N) is 1. The van der Waals surface area contributed by atoms with Crippen molar-refractivity contribution in [2.45, 2.75) is 25.5 Å². The lowest BCUT2D eigenvalue weighted by Gasteiger charge is -2.23. The van der Waals surface area contributed by atoms with Crippen molar-refractivity contribution in [3.05, 3.63) is 63.1 Å². The van der Waals surface area contributed by atoms with Crippen LogP contribution >= 0.6 is 34.3 Å². The van der Waals surface area contributed by atoms with Crippen LogP contribution in [-0.4, -0.2) is 30.5 Å². The highest BCUT2D eigenvalue weighted by Crippen LogP contribution is 2.34. The first-order valence-corrected chi connectivity index (χ1v) is 13.7.